The molecular weight excluding hydrogens is 275 g/mol. The van der Waals surface area contributed by atoms with Crippen molar-refractivity contribution in [3.05, 3.63) is 42.5 Å². The minimum Gasteiger partial charge on any atom is -1.00 e. The molecule has 3 heteroatoms. The molecule has 0 aliphatic heterocycles. The second kappa shape index (κ2) is 8.09. The minimum atomic E-state index is 0. The Balaban J connectivity index is 0. The van der Waals surface area contributed by atoms with Gasteiger partial charge in [-0.2, -0.15) is 17.5 Å². The summed E-state index contributed by atoms with van der Waals surface area (Å²) in [6.07, 6.45) is 0. The van der Waals surface area contributed by atoms with Gasteiger partial charge in [-0.3, -0.25) is 0 Å². The predicted molar refractivity (Wildman–Crippen MR) is 46.7 cm³/mol. The first kappa shape index (κ1) is 15.0. The van der Waals surface area contributed by atoms with E-state index in [2.05, 4.69) is 42.5 Å². The second-order valence-corrected chi connectivity index (χ2v) is 2.15. The fourth-order valence-corrected chi connectivity index (χ4v) is 1.07. The molecule has 0 bridgehead atoms. The molecule has 1 nitrogen and oxygen atoms in total. The topological polar surface area (TPSA) is 17.1 Å². The van der Waals surface area contributed by atoms with Gasteiger partial charge >= 0.3 is 16.5 Å². The number of fused-ring (bicyclic) bond motifs is 1. The first-order valence-corrected chi connectivity index (χ1v) is 3.36. The van der Waals surface area contributed by atoms with Crippen LogP contribution >= 0.6 is 0 Å². The molecule has 0 aliphatic rings. The molecule has 0 amide bonds. The van der Waals surface area contributed by atoms with Gasteiger partial charge in [0, 0.05) is 0 Å². The van der Waals surface area contributed by atoms with Crippen LogP contribution in [0.2, 0.25) is 0 Å². The smallest absolute Gasteiger partial charge is 1.00 e. The fraction of sp³-hybridized carbons (Fsp3) is 0. The number of benzene rings is 1. The number of hydrogen-bond acceptors (Lipinski definition) is 1. The van der Waals surface area contributed by atoms with Crippen molar-refractivity contribution in [1.82, 2.24) is 0 Å². The normalized spacial score (nSPS) is 7.38. The monoisotopic (exact) mass is 282 g/mol. The molecule has 0 N–H and O–H groups in total. The number of rotatable bonds is 0. The summed E-state index contributed by atoms with van der Waals surface area (Å²) in [5.41, 5.74) is 0. The van der Waals surface area contributed by atoms with Crippen molar-refractivity contribution in [1.29, 1.82) is 0 Å². The summed E-state index contributed by atoms with van der Waals surface area (Å²) in [6, 6.07) is 14.7. The maximum absolute atomic E-state index is 8.00. The second-order valence-electron chi connectivity index (χ2n) is 2.15. The van der Waals surface area contributed by atoms with Gasteiger partial charge in [-0.1, -0.05) is 6.07 Å². The Labute approximate surface area is 98.2 Å². The van der Waals surface area contributed by atoms with Gasteiger partial charge in [-0.15, -0.1) is 29.7 Å². The number of carbonyl (C=O) groups excluding carboxylic acids is 1. The van der Waals surface area contributed by atoms with Gasteiger partial charge in [0.05, 0.1) is 0 Å². The van der Waals surface area contributed by atoms with E-state index in [-0.39, 0.29) is 33.5 Å². The van der Waals surface area contributed by atoms with Gasteiger partial charge in [-0.25, -0.2) is 0 Å². The van der Waals surface area contributed by atoms with Crippen LogP contribution in [0.25, 0.3) is 10.8 Å². The van der Waals surface area contributed by atoms with E-state index in [1.807, 2.05) is 6.79 Å². The molecule has 0 saturated carbocycles. The van der Waals surface area contributed by atoms with Crippen LogP contribution in [0.1, 0.15) is 0 Å². The SMILES string of the molecule is C=O.[Br-].[Ni+2].c1ccc2[cH-]ccc2c1. The number of hydrogen-bond donors (Lipinski definition) is 0. The van der Waals surface area contributed by atoms with Crippen LogP contribution in [0.4, 0.5) is 0 Å². The Morgan fingerprint density at radius 1 is 1.08 bits per heavy atom. The third-order valence-electron chi connectivity index (χ3n) is 1.55. The molecule has 72 valence electrons. The fourth-order valence-electron chi connectivity index (χ4n) is 1.07. The Morgan fingerprint density at radius 3 is 2.31 bits per heavy atom. The average molecular weight is 284 g/mol. The summed E-state index contributed by atoms with van der Waals surface area (Å²) in [7, 11) is 0. The molecule has 0 radical (unpaired) electrons. The van der Waals surface area contributed by atoms with Crippen LogP contribution in [-0.2, 0) is 21.3 Å². The van der Waals surface area contributed by atoms with Gasteiger partial charge in [0.25, 0.3) is 0 Å². The van der Waals surface area contributed by atoms with Crippen LogP contribution < -0.4 is 17.0 Å². The van der Waals surface area contributed by atoms with E-state index in [0.717, 1.165) is 0 Å². The molecule has 0 atom stereocenters. The van der Waals surface area contributed by atoms with Crippen molar-refractivity contribution in [3.8, 4) is 0 Å². The third kappa shape index (κ3) is 3.79. The van der Waals surface area contributed by atoms with E-state index in [1.54, 1.807) is 0 Å². The summed E-state index contributed by atoms with van der Waals surface area (Å²) in [6.45, 7) is 2.00. The minimum absolute atomic E-state index is 0. The van der Waals surface area contributed by atoms with E-state index < -0.39 is 0 Å². The van der Waals surface area contributed by atoms with Crippen molar-refractivity contribution in [3.63, 3.8) is 0 Å². The Bertz CT molecular complexity index is 302. The van der Waals surface area contributed by atoms with E-state index in [9.17, 15) is 0 Å². The predicted octanol–water partition coefficient (Wildman–Crippen LogP) is -0.625. The maximum atomic E-state index is 8.00. The largest absolute Gasteiger partial charge is 2.00 e. The van der Waals surface area contributed by atoms with Crippen molar-refractivity contribution in [2.75, 3.05) is 0 Å². The van der Waals surface area contributed by atoms with E-state index >= 15 is 0 Å². The van der Waals surface area contributed by atoms with Crippen LogP contribution in [0.5, 0.6) is 0 Å². The molecule has 2 aromatic rings. The van der Waals surface area contributed by atoms with Gasteiger partial charge < -0.3 is 21.8 Å². The van der Waals surface area contributed by atoms with Crippen LogP contribution in [-0.4, -0.2) is 6.79 Å². The van der Waals surface area contributed by atoms with Crippen molar-refractivity contribution in [2.45, 2.75) is 0 Å². The maximum Gasteiger partial charge on any atom is 2.00 e. The summed E-state index contributed by atoms with van der Waals surface area (Å²) >= 11 is 0. The molecule has 0 fully saturated rings. The molecule has 2 aromatic carbocycles. The van der Waals surface area contributed by atoms with Crippen LogP contribution in [0.15, 0.2) is 42.5 Å². The van der Waals surface area contributed by atoms with Gasteiger partial charge in [0.1, 0.15) is 6.79 Å². The van der Waals surface area contributed by atoms with Gasteiger partial charge in [0.15, 0.2) is 0 Å². The average Bonchev–Trinajstić information content (AvgIpc) is 2.55. The zero-order valence-corrected chi connectivity index (χ0v) is 9.42. The Morgan fingerprint density at radius 2 is 1.69 bits per heavy atom. The number of carbonyl (C=O) groups is 1. The zero-order chi connectivity index (χ0) is 8.10. The van der Waals surface area contributed by atoms with Gasteiger partial charge in [0.2, 0.25) is 0 Å². The number of halogens is 1. The molecule has 13 heavy (non-hydrogen) atoms. The standard InChI is InChI=1S/C9H7.CH2O.BrH.Ni/c1-2-5-9-7-3-6-8(9)4-1;1-2;;/h1-7H;1H2;1H;/q-1;;;+2/p-1. The molecule has 0 saturated heterocycles. The molecule has 0 unspecified atom stereocenters. The van der Waals surface area contributed by atoms with Crippen molar-refractivity contribution < 1.29 is 38.3 Å². The molecular formula is C10H9BrNiO. The summed E-state index contributed by atoms with van der Waals surface area (Å²) in [5, 5.41) is 2.66. The van der Waals surface area contributed by atoms with Gasteiger partial charge in [-0.05, 0) is 0 Å². The quantitative estimate of drug-likeness (QED) is 0.465. The summed E-state index contributed by atoms with van der Waals surface area (Å²) in [4.78, 5) is 8.00. The first-order chi connectivity index (χ1) is 5.47. The Hall–Kier alpha value is -0.526. The van der Waals surface area contributed by atoms with Crippen LogP contribution in [0, 0.1) is 0 Å². The van der Waals surface area contributed by atoms with Crippen LogP contribution in [0.3, 0.4) is 0 Å². The van der Waals surface area contributed by atoms with Crippen molar-refractivity contribution in [2.24, 2.45) is 0 Å². The Kier molecular flexibility index (Phi) is 9.31. The molecule has 0 spiro atoms. The zero-order valence-electron chi connectivity index (χ0n) is 6.85. The first-order valence-electron chi connectivity index (χ1n) is 3.36. The molecule has 2 rings (SSSR count). The van der Waals surface area contributed by atoms with E-state index in [4.69, 9.17) is 4.79 Å². The molecule has 0 aliphatic carbocycles. The molecule has 0 heterocycles. The van der Waals surface area contributed by atoms with E-state index in [1.165, 1.54) is 10.8 Å². The third-order valence-corrected chi connectivity index (χ3v) is 1.55. The summed E-state index contributed by atoms with van der Waals surface area (Å²) < 4.78 is 0. The van der Waals surface area contributed by atoms with Crippen molar-refractivity contribution >= 4 is 17.6 Å². The summed E-state index contributed by atoms with van der Waals surface area (Å²) in [5.74, 6) is 0. The van der Waals surface area contributed by atoms with E-state index in [0.29, 0.717) is 0 Å². The molecule has 0 aromatic heterocycles.